The third-order valence-electron chi connectivity index (χ3n) is 3.38. The van der Waals surface area contributed by atoms with E-state index in [1.807, 2.05) is 38.1 Å². The summed E-state index contributed by atoms with van der Waals surface area (Å²) in [5.41, 5.74) is 2.02. The molecule has 0 saturated carbocycles. The number of aromatic nitrogens is 2. The minimum absolute atomic E-state index is 0.324. The highest BCUT2D eigenvalue weighted by molar-refractivity contribution is 6.31. The number of halogens is 1. The monoisotopic (exact) mass is 343 g/mol. The Bertz CT molecular complexity index is 841. The van der Waals surface area contributed by atoms with E-state index >= 15 is 0 Å². The number of hydrogen-bond donors (Lipinski definition) is 2. The SMILES string of the molecule is CC(C)COc1ccc(Cl)cc1C(=O)Nc1nc2ccccc2[nH]1. The molecule has 0 bridgehead atoms. The smallest absolute Gasteiger partial charge is 0.261 e. The fraction of sp³-hybridized carbons (Fsp3) is 0.222. The largest absolute Gasteiger partial charge is 0.492 e. The molecule has 0 aliphatic heterocycles. The van der Waals surface area contributed by atoms with E-state index in [2.05, 4.69) is 15.3 Å². The third kappa shape index (κ3) is 3.68. The van der Waals surface area contributed by atoms with E-state index in [4.69, 9.17) is 16.3 Å². The lowest BCUT2D eigenvalue weighted by atomic mass is 10.2. The molecule has 1 amide bonds. The van der Waals surface area contributed by atoms with E-state index in [0.717, 1.165) is 11.0 Å². The molecule has 0 unspecified atom stereocenters. The second kappa shape index (κ2) is 6.93. The van der Waals surface area contributed by atoms with Crippen LogP contribution in [0.5, 0.6) is 5.75 Å². The molecule has 1 aromatic heterocycles. The number of fused-ring (bicyclic) bond motifs is 1. The molecule has 0 saturated heterocycles. The van der Waals surface area contributed by atoms with Crippen LogP contribution < -0.4 is 10.1 Å². The number of anilines is 1. The summed E-state index contributed by atoms with van der Waals surface area (Å²) in [6.45, 7) is 4.61. The van der Waals surface area contributed by atoms with Gasteiger partial charge in [-0.1, -0.05) is 37.6 Å². The Hall–Kier alpha value is -2.53. The lowest BCUT2D eigenvalue weighted by Gasteiger charge is -2.13. The number of H-pyrrole nitrogens is 1. The van der Waals surface area contributed by atoms with Crippen molar-refractivity contribution in [1.29, 1.82) is 0 Å². The van der Waals surface area contributed by atoms with Crippen LogP contribution in [0, 0.1) is 5.92 Å². The Kier molecular flexibility index (Phi) is 4.71. The van der Waals surface area contributed by atoms with Gasteiger partial charge in [-0.25, -0.2) is 4.98 Å². The summed E-state index contributed by atoms with van der Waals surface area (Å²) < 4.78 is 5.72. The van der Waals surface area contributed by atoms with Crippen molar-refractivity contribution in [1.82, 2.24) is 9.97 Å². The van der Waals surface area contributed by atoms with Gasteiger partial charge in [0, 0.05) is 5.02 Å². The van der Waals surface area contributed by atoms with Crippen LogP contribution in [0.25, 0.3) is 11.0 Å². The Morgan fingerprint density at radius 3 is 2.83 bits per heavy atom. The number of nitrogens with one attached hydrogen (secondary N) is 2. The van der Waals surface area contributed by atoms with Crippen LogP contribution in [-0.2, 0) is 0 Å². The first-order valence-electron chi connectivity index (χ1n) is 7.71. The van der Waals surface area contributed by atoms with Crippen LogP contribution in [0.2, 0.25) is 5.02 Å². The van der Waals surface area contributed by atoms with Gasteiger partial charge < -0.3 is 9.72 Å². The first-order chi connectivity index (χ1) is 11.5. The molecule has 0 aliphatic carbocycles. The van der Waals surface area contributed by atoms with Gasteiger partial charge in [0.1, 0.15) is 5.75 Å². The molecule has 0 atom stereocenters. The van der Waals surface area contributed by atoms with E-state index in [9.17, 15) is 4.79 Å². The summed E-state index contributed by atoms with van der Waals surface area (Å²) in [4.78, 5) is 20.0. The molecule has 2 N–H and O–H groups in total. The molecule has 3 rings (SSSR count). The zero-order chi connectivity index (χ0) is 17.1. The highest BCUT2D eigenvalue weighted by Crippen LogP contribution is 2.24. The van der Waals surface area contributed by atoms with Gasteiger partial charge in [-0.2, -0.15) is 0 Å². The molecular weight excluding hydrogens is 326 g/mol. The quantitative estimate of drug-likeness (QED) is 0.716. The summed E-state index contributed by atoms with van der Waals surface area (Å²) in [5, 5.41) is 3.23. The van der Waals surface area contributed by atoms with E-state index in [-0.39, 0.29) is 5.91 Å². The van der Waals surface area contributed by atoms with Crippen LogP contribution in [0.3, 0.4) is 0 Å². The van der Waals surface area contributed by atoms with Crippen LogP contribution in [0.1, 0.15) is 24.2 Å². The van der Waals surface area contributed by atoms with Gasteiger partial charge in [-0.15, -0.1) is 0 Å². The zero-order valence-corrected chi connectivity index (χ0v) is 14.2. The maximum atomic E-state index is 12.6. The molecular formula is C18H18ClN3O2. The molecule has 0 fully saturated rings. The number of carbonyl (C=O) groups is 1. The van der Waals surface area contributed by atoms with Crippen LogP contribution in [-0.4, -0.2) is 22.5 Å². The number of imidazole rings is 1. The summed E-state index contributed by atoms with van der Waals surface area (Å²) in [6, 6.07) is 12.6. The Morgan fingerprint density at radius 2 is 2.08 bits per heavy atom. The van der Waals surface area contributed by atoms with Crippen LogP contribution >= 0.6 is 11.6 Å². The van der Waals surface area contributed by atoms with Gasteiger partial charge in [0.05, 0.1) is 23.2 Å². The molecule has 6 heteroatoms. The predicted octanol–water partition coefficient (Wildman–Crippen LogP) is 4.50. The highest BCUT2D eigenvalue weighted by Gasteiger charge is 2.16. The average molecular weight is 344 g/mol. The number of nitrogens with zero attached hydrogens (tertiary/aromatic N) is 1. The molecule has 0 aliphatic rings. The van der Waals surface area contributed by atoms with Crippen molar-refractivity contribution in [3.8, 4) is 5.75 Å². The minimum Gasteiger partial charge on any atom is -0.492 e. The summed E-state index contributed by atoms with van der Waals surface area (Å²) in [6.07, 6.45) is 0. The first-order valence-corrected chi connectivity index (χ1v) is 8.09. The molecule has 1 heterocycles. The molecule has 124 valence electrons. The molecule has 24 heavy (non-hydrogen) atoms. The number of amides is 1. The molecule has 3 aromatic rings. The number of para-hydroxylation sites is 2. The number of carbonyl (C=O) groups excluding carboxylic acids is 1. The van der Waals surface area contributed by atoms with Crippen LogP contribution in [0.15, 0.2) is 42.5 Å². The van der Waals surface area contributed by atoms with Crippen molar-refractivity contribution < 1.29 is 9.53 Å². The lowest BCUT2D eigenvalue weighted by Crippen LogP contribution is -2.15. The zero-order valence-electron chi connectivity index (χ0n) is 13.5. The highest BCUT2D eigenvalue weighted by atomic mass is 35.5. The maximum Gasteiger partial charge on any atom is 0.261 e. The predicted molar refractivity (Wildman–Crippen MR) is 95.8 cm³/mol. The molecule has 0 radical (unpaired) electrons. The molecule has 0 spiro atoms. The summed E-state index contributed by atoms with van der Waals surface area (Å²) >= 11 is 6.03. The second-order valence-corrected chi connectivity index (χ2v) is 6.34. The summed E-state index contributed by atoms with van der Waals surface area (Å²) in [7, 11) is 0. The van der Waals surface area contributed by atoms with Gasteiger partial charge in [-0.3, -0.25) is 10.1 Å². The Morgan fingerprint density at radius 1 is 1.29 bits per heavy atom. The van der Waals surface area contributed by atoms with Crippen molar-refractivity contribution in [2.45, 2.75) is 13.8 Å². The normalized spacial score (nSPS) is 11.0. The van der Waals surface area contributed by atoms with E-state index in [0.29, 0.717) is 34.8 Å². The lowest BCUT2D eigenvalue weighted by molar-refractivity contribution is 0.102. The van der Waals surface area contributed by atoms with Crippen molar-refractivity contribution in [3.63, 3.8) is 0 Å². The van der Waals surface area contributed by atoms with E-state index in [1.165, 1.54) is 0 Å². The standard InChI is InChI=1S/C18H18ClN3O2/c1-11(2)10-24-16-8-7-12(19)9-13(16)17(23)22-18-20-14-5-3-4-6-15(14)21-18/h3-9,11H,10H2,1-2H3,(H2,20,21,22,23). The van der Waals surface area contributed by atoms with E-state index in [1.54, 1.807) is 18.2 Å². The average Bonchev–Trinajstić information content (AvgIpc) is 2.95. The minimum atomic E-state index is -0.324. The van der Waals surface area contributed by atoms with Gasteiger partial charge in [0.15, 0.2) is 0 Å². The van der Waals surface area contributed by atoms with Crippen LogP contribution in [0.4, 0.5) is 5.95 Å². The molecule has 2 aromatic carbocycles. The number of hydrogen-bond acceptors (Lipinski definition) is 3. The van der Waals surface area contributed by atoms with Crippen molar-refractivity contribution in [3.05, 3.63) is 53.1 Å². The topological polar surface area (TPSA) is 67.0 Å². The Labute approximate surface area is 145 Å². The van der Waals surface area contributed by atoms with Crippen molar-refractivity contribution >= 4 is 34.5 Å². The van der Waals surface area contributed by atoms with Crippen molar-refractivity contribution in [2.75, 3.05) is 11.9 Å². The molecule has 5 nitrogen and oxygen atoms in total. The fourth-order valence-electron chi connectivity index (χ4n) is 2.25. The third-order valence-corrected chi connectivity index (χ3v) is 3.61. The Balaban J connectivity index is 1.84. The van der Waals surface area contributed by atoms with Gasteiger partial charge in [-0.05, 0) is 36.2 Å². The number of rotatable bonds is 5. The van der Waals surface area contributed by atoms with E-state index < -0.39 is 0 Å². The maximum absolute atomic E-state index is 12.6. The van der Waals surface area contributed by atoms with Crippen molar-refractivity contribution in [2.24, 2.45) is 5.92 Å². The fourth-order valence-corrected chi connectivity index (χ4v) is 2.42. The number of benzene rings is 2. The van der Waals surface area contributed by atoms with Gasteiger partial charge >= 0.3 is 0 Å². The first kappa shape index (κ1) is 16.3. The number of ether oxygens (including phenoxy) is 1. The summed E-state index contributed by atoms with van der Waals surface area (Å²) in [5.74, 6) is 0.917. The second-order valence-electron chi connectivity index (χ2n) is 5.90. The van der Waals surface area contributed by atoms with Gasteiger partial charge in [0.2, 0.25) is 5.95 Å². The number of aromatic amines is 1. The van der Waals surface area contributed by atoms with Gasteiger partial charge in [0.25, 0.3) is 5.91 Å².